The van der Waals surface area contributed by atoms with Crippen LogP contribution in [0.2, 0.25) is 5.02 Å². The largest absolute Gasteiger partial charge is 0.416 e. The predicted molar refractivity (Wildman–Crippen MR) is 109 cm³/mol. The average molecular weight is 513 g/mol. The molecule has 0 unspecified atom stereocenters. The van der Waals surface area contributed by atoms with E-state index in [4.69, 9.17) is 11.6 Å². The molecule has 6 nitrogen and oxygen atoms in total. The molecule has 0 saturated heterocycles. The Bertz CT molecular complexity index is 1050. The summed E-state index contributed by atoms with van der Waals surface area (Å²) in [5.41, 5.74) is 1.22. The van der Waals surface area contributed by atoms with Crippen molar-refractivity contribution in [1.82, 2.24) is 5.43 Å². The third kappa shape index (κ3) is 6.44. The molecule has 2 rings (SSSR count). The fourth-order valence-corrected chi connectivity index (χ4v) is 3.70. The van der Waals surface area contributed by atoms with Crippen LogP contribution >= 0.6 is 27.5 Å². The number of nitrogens with zero attached hydrogens (tertiary/aromatic N) is 2. The number of carbonyl (C=O) groups is 1. The van der Waals surface area contributed by atoms with E-state index in [1.54, 1.807) is 24.3 Å². The number of amides is 1. The molecule has 2 aromatic carbocycles. The summed E-state index contributed by atoms with van der Waals surface area (Å²) in [6.07, 6.45) is -2.64. The highest BCUT2D eigenvalue weighted by Gasteiger charge is 2.33. The van der Waals surface area contributed by atoms with E-state index < -0.39 is 39.9 Å². The van der Waals surface area contributed by atoms with E-state index >= 15 is 0 Å². The monoisotopic (exact) mass is 511 g/mol. The van der Waals surface area contributed by atoms with Gasteiger partial charge in [-0.25, -0.2) is 13.8 Å². The van der Waals surface area contributed by atoms with Crippen LogP contribution in [0, 0.1) is 0 Å². The molecule has 0 aliphatic heterocycles. The van der Waals surface area contributed by atoms with Gasteiger partial charge in [0.15, 0.2) is 0 Å². The van der Waals surface area contributed by atoms with E-state index in [2.05, 4.69) is 26.5 Å². The van der Waals surface area contributed by atoms with Crippen LogP contribution in [-0.2, 0) is 21.0 Å². The number of sulfonamides is 1. The van der Waals surface area contributed by atoms with Gasteiger partial charge in [0, 0.05) is 10.0 Å². The maximum atomic E-state index is 13.0. The Labute approximate surface area is 178 Å². The molecule has 0 radical (unpaired) electrons. The van der Waals surface area contributed by atoms with Crippen molar-refractivity contribution in [2.24, 2.45) is 5.10 Å². The fourth-order valence-electron chi connectivity index (χ4n) is 2.18. The van der Waals surface area contributed by atoms with Gasteiger partial charge < -0.3 is 0 Å². The molecular weight excluding hydrogens is 499 g/mol. The highest BCUT2D eigenvalue weighted by Crippen LogP contribution is 2.36. The fraction of sp³-hybridized carbons (Fsp3) is 0.176. The van der Waals surface area contributed by atoms with Crippen molar-refractivity contribution in [3.63, 3.8) is 0 Å². The van der Waals surface area contributed by atoms with Gasteiger partial charge in [-0.3, -0.25) is 9.10 Å². The molecule has 29 heavy (non-hydrogen) atoms. The molecule has 156 valence electrons. The highest BCUT2D eigenvalue weighted by atomic mass is 79.9. The Morgan fingerprint density at radius 3 is 2.52 bits per heavy atom. The topological polar surface area (TPSA) is 78.8 Å². The highest BCUT2D eigenvalue weighted by molar-refractivity contribution is 9.10. The second-order valence-electron chi connectivity index (χ2n) is 5.75. The van der Waals surface area contributed by atoms with Crippen molar-refractivity contribution in [2.75, 3.05) is 17.1 Å². The summed E-state index contributed by atoms with van der Waals surface area (Å²) in [6, 6.07) is 9.20. The summed E-state index contributed by atoms with van der Waals surface area (Å²) < 4.78 is 64.3. The number of hydrogen-bond acceptors (Lipinski definition) is 4. The zero-order valence-electron chi connectivity index (χ0n) is 14.7. The molecule has 1 amide bonds. The number of nitrogens with one attached hydrogen (secondary N) is 1. The van der Waals surface area contributed by atoms with E-state index in [1.807, 2.05) is 0 Å². The average Bonchev–Trinajstić information content (AvgIpc) is 2.60. The Kier molecular flexibility index (Phi) is 7.30. The zero-order chi connectivity index (χ0) is 21.8. The summed E-state index contributed by atoms with van der Waals surface area (Å²) >= 11 is 9.19. The van der Waals surface area contributed by atoms with Crippen LogP contribution in [0.1, 0.15) is 11.1 Å². The van der Waals surface area contributed by atoms with Crippen LogP contribution in [0.15, 0.2) is 52.0 Å². The van der Waals surface area contributed by atoms with Crippen molar-refractivity contribution in [3.8, 4) is 0 Å². The zero-order valence-corrected chi connectivity index (χ0v) is 17.9. The number of hydrazone groups is 1. The van der Waals surface area contributed by atoms with Crippen molar-refractivity contribution >= 4 is 55.4 Å². The lowest BCUT2D eigenvalue weighted by atomic mass is 10.2. The first-order valence-electron chi connectivity index (χ1n) is 7.80. The van der Waals surface area contributed by atoms with Crippen LogP contribution in [-0.4, -0.2) is 33.3 Å². The lowest BCUT2D eigenvalue weighted by Gasteiger charge is -2.23. The molecule has 0 bridgehead atoms. The third-order valence-electron chi connectivity index (χ3n) is 3.53. The molecule has 1 N–H and O–H groups in total. The molecule has 0 fully saturated rings. The van der Waals surface area contributed by atoms with Crippen molar-refractivity contribution < 1.29 is 26.4 Å². The normalized spacial score (nSPS) is 12.2. The van der Waals surface area contributed by atoms with E-state index in [9.17, 15) is 26.4 Å². The Hall–Kier alpha value is -2.11. The SMILES string of the molecule is CS(=O)(=O)N(CC(=O)N/N=C/c1ccccc1Br)c1cc(C(F)(F)F)ccc1Cl. The minimum atomic E-state index is -4.71. The number of alkyl halides is 3. The minimum Gasteiger partial charge on any atom is -0.271 e. The van der Waals surface area contributed by atoms with Gasteiger partial charge in [-0.1, -0.05) is 45.7 Å². The van der Waals surface area contributed by atoms with E-state index in [0.29, 0.717) is 26.5 Å². The van der Waals surface area contributed by atoms with Crippen LogP contribution < -0.4 is 9.73 Å². The smallest absolute Gasteiger partial charge is 0.271 e. The first kappa shape index (κ1) is 23.2. The number of rotatable bonds is 6. The Balaban J connectivity index is 2.24. The van der Waals surface area contributed by atoms with E-state index in [0.717, 1.165) is 12.3 Å². The maximum Gasteiger partial charge on any atom is 0.416 e. The molecule has 2 aromatic rings. The lowest BCUT2D eigenvalue weighted by molar-refractivity contribution is -0.137. The first-order valence-corrected chi connectivity index (χ1v) is 10.8. The summed E-state index contributed by atoms with van der Waals surface area (Å²) in [4.78, 5) is 12.1. The van der Waals surface area contributed by atoms with E-state index in [1.165, 1.54) is 6.21 Å². The molecule has 12 heteroatoms. The van der Waals surface area contributed by atoms with Gasteiger partial charge in [0.05, 0.1) is 28.7 Å². The summed E-state index contributed by atoms with van der Waals surface area (Å²) in [7, 11) is -4.12. The van der Waals surface area contributed by atoms with Gasteiger partial charge >= 0.3 is 6.18 Å². The van der Waals surface area contributed by atoms with E-state index in [-0.39, 0.29) is 5.02 Å². The van der Waals surface area contributed by atoms with Crippen LogP contribution in [0.4, 0.5) is 18.9 Å². The van der Waals surface area contributed by atoms with Crippen LogP contribution in [0.25, 0.3) is 0 Å². The standard InChI is InChI=1S/C17H14BrClF3N3O3S/c1-29(27,28)25(15-8-12(17(20,21)22)6-7-14(15)19)10-16(26)24-23-9-11-4-2-3-5-13(11)18/h2-9H,10H2,1H3,(H,24,26)/b23-9+. The van der Waals surface area contributed by atoms with Gasteiger partial charge in [-0.15, -0.1) is 0 Å². The predicted octanol–water partition coefficient (Wildman–Crippen LogP) is 4.04. The molecular formula is C17H14BrClF3N3O3S. The number of halogens is 5. The van der Waals surface area contributed by atoms with Gasteiger partial charge in [-0.2, -0.15) is 18.3 Å². The maximum absolute atomic E-state index is 13.0. The molecule has 0 saturated carbocycles. The lowest BCUT2D eigenvalue weighted by Crippen LogP contribution is -2.39. The molecule has 0 atom stereocenters. The van der Waals surface area contributed by atoms with Crippen molar-refractivity contribution in [2.45, 2.75) is 6.18 Å². The van der Waals surface area contributed by atoms with Gasteiger partial charge in [0.2, 0.25) is 10.0 Å². The number of anilines is 1. The summed E-state index contributed by atoms with van der Waals surface area (Å²) in [5.74, 6) is -0.868. The second kappa shape index (κ2) is 9.14. The Morgan fingerprint density at radius 1 is 1.28 bits per heavy atom. The van der Waals surface area contributed by atoms with Crippen LogP contribution in [0.5, 0.6) is 0 Å². The molecule has 0 spiro atoms. The quantitative estimate of drug-likeness (QED) is 0.469. The number of hydrogen-bond donors (Lipinski definition) is 1. The van der Waals surface area contributed by atoms with Crippen LogP contribution in [0.3, 0.4) is 0 Å². The van der Waals surface area contributed by atoms with Gasteiger partial charge in [0.25, 0.3) is 5.91 Å². The molecule has 0 aliphatic carbocycles. The summed E-state index contributed by atoms with van der Waals surface area (Å²) in [5, 5.41) is 3.46. The molecule has 0 aliphatic rings. The number of benzene rings is 2. The Morgan fingerprint density at radius 2 is 1.93 bits per heavy atom. The summed E-state index contributed by atoms with van der Waals surface area (Å²) in [6.45, 7) is -0.812. The van der Waals surface area contributed by atoms with Crippen molar-refractivity contribution in [1.29, 1.82) is 0 Å². The minimum absolute atomic E-state index is 0.257. The first-order chi connectivity index (χ1) is 13.4. The van der Waals surface area contributed by atoms with Gasteiger partial charge in [0.1, 0.15) is 6.54 Å². The molecule has 0 aromatic heterocycles. The van der Waals surface area contributed by atoms with Crippen molar-refractivity contribution in [3.05, 3.63) is 63.1 Å². The second-order valence-corrected chi connectivity index (χ2v) is 8.92. The molecule has 0 heterocycles. The van der Waals surface area contributed by atoms with Gasteiger partial charge in [-0.05, 0) is 24.3 Å². The third-order valence-corrected chi connectivity index (χ3v) is 5.70. The number of carbonyl (C=O) groups excluding carboxylic acids is 1.